The van der Waals surface area contributed by atoms with E-state index < -0.39 is 24.0 Å². The van der Waals surface area contributed by atoms with E-state index in [1.807, 2.05) is 27.7 Å². The third kappa shape index (κ3) is 9.58. The van der Waals surface area contributed by atoms with Gasteiger partial charge >= 0.3 is 11.9 Å². The molecule has 0 aromatic carbocycles. The highest BCUT2D eigenvalue weighted by Gasteiger charge is 2.32. The molecule has 0 heterocycles. The molecule has 0 radical (unpaired) electrons. The molecule has 0 saturated carbocycles. The van der Waals surface area contributed by atoms with Gasteiger partial charge in [-0.1, -0.05) is 41.5 Å². The van der Waals surface area contributed by atoms with E-state index >= 15 is 0 Å². The first-order chi connectivity index (χ1) is 12.1. The Bertz CT molecular complexity index is 434. The van der Waals surface area contributed by atoms with Crippen LogP contribution in [0.2, 0.25) is 0 Å². The maximum absolute atomic E-state index is 12.6. The van der Waals surface area contributed by atoms with E-state index in [0.717, 1.165) is 0 Å². The first-order valence-electron chi connectivity index (χ1n) is 9.36. The Morgan fingerprint density at radius 3 is 1.31 bits per heavy atom. The van der Waals surface area contributed by atoms with Gasteiger partial charge in [0, 0.05) is 35.4 Å². The van der Waals surface area contributed by atoms with Gasteiger partial charge in [0.1, 0.15) is 0 Å². The lowest BCUT2D eigenvalue weighted by Crippen LogP contribution is -2.40. The molecule has 8 nitrogen and oxygen atoms in total. The fourth-order valence-electron chi connectivity index (χ4n) is 2.44. The van der Waals surface area contributed by atoms with Crippen molar-refractivity contribution in [1.82, 2.24) is 0 Å². The van der Waals surface area contributed by atoms with Crippen LogP contribution in [0.15, 0.2) is 0 Å². The number of carbonyl (C=O) groups is 2. The van der Waals surface area contributed by atoms with Gasteiger partial charge in [0.2, 0.25) is 0 Å². The lowest BCUT2D eigenvalue weighted by molar-refractivity contribution is -0.997. The van der Waals surface area contributed by atoms with Crippen molar-refractivity contribution < 1.29 is 28.8 Å². The van der Waals surface area contributed by atoms with Gasteiger partial charge in [-0.15, -0.1) is 0 Å². The fourth-order valence-corrected chi connectivity index (χ4v) is 2.44. The Morgan fingerprint density at radius 1 is 0.769 bits per heavy atom. The third-order valence-electron chi connectivity index (χ3n) is 3.76. The number of rotatable bonds is 12. The van der Waals surface area contributed by atoms with Crippen molar-refractivity contribution in [2.45, 2.75) is 79.3 Å². The van der Waals surface area contributed by atoms with Crippen LogP contribution >= 0.6 is 0 Å². The molecule has 0 saturated heterocycles. The SMILES string of the molecule is CCC(=O)OCC(CC(C)C)/[N+]([O-])=[N+](\[O-])C(COC(=O)CC)CC(C)C. The third-order valence-corrected chi connectivity index (χ3v) is 3.76. The maximum atomic E-state index is 12.6. The van der Waals surface area contributed by atoms with Crippen LogP contribution in [-0.2, 0) is 19.1 Å². The molecule has 2 unspecified atom stereocenters. The van der Waals surface area contributed by atoms with Crippen molar-refractivity contribution in [2.24, 2.45) is 11.8 Å². The van der Waals surface area contributed by atoms with E-state index in [2.05, 4.69) is 0 Å². The quantitative estimate of drug-likeness (QED) is 0.225. The molecule has 0 amide bonds. The molecule has 0 rings (SSSR count). The predicted molar refractivity (Wildman–Crippen MR) is 96.2 cm³/mol. The van der Waals surface area contributed by atoms with Crippen LogP contribution in [0, 0.1) is 22.3 Å². The standard InChI is InChI=1S/C18H34N2O6/c1-7-17(21)25-11-15(9-13(3)4)19(23)20(24)16(10-14(5)6)12-26-18(22)8-2/h13-16H,7-12H2,1-6H3/b20-19+. The van der Waals surface area contributed by atoms with Crippen molar-refractivity contribution >= 4 is 11.9 Å². The van der Waals surface area contributed by atoms with Crippen molar-refractivity contribution in [2.75, 3.05) is 13.2 Å². The maximum Gasteiger partial charge on any atom is 0.305 e. The van der Waals surface area contributed by atoms with Crippen LogP contribution in [0.5, 0.6) is 0 Å². The zero-order valence-electron chi connectivity index (χ0n) is 16.9. The van der Waals surface area contributed by atoms with E-state index in [4.69, 9.17) is 9.47 Å². The normalized spacial score (nSPS) is 14.8. The summed E-state index contributed by atoms with van der Waals surface area (Å²) in [5.41, 5.74) is 0. The molecule has 152 valence electrons. The lowest BCUT2D eigenvalue weighted by Gasteiger charge is -2.20. The average Bonchev–Trinajstić information content (AvgIpc) is 2.59. The molecule has 26 heavy (non-hydrogen) atoms. The molecular formula is C18H34N2O6. The van der Waals surface area contributed by atoms with E-state index in [-0.39, 0.29) is 37.9 Å². The van der Waals surface area contributed by atoms with Gasteiger partial charge in [0.25, 0.3) is 12.1 Å². The zero-order chi connectivity index (χ0) is 20.3. The summed E-state index contributed by atoms with van der Waals surface area (Å²) in [5, 5.41) is 25.2. The summed E-state index contributed by atoms with van der Waals surface area (Å²) >= 11 is 0. The predicted octanol–water partition coefficient (Wildman–Crippen LogP) is 3.20. The van der Waals surface area contributed by atoms with Crippen LogP contribution in [0.3, 0.4) is 0 Å². The largest absolute Gasteiger partial charge is 0.567 e. The van der Waals surface area contributed by atoms with Crippen LogP contribution in [-0.4, -0.2) is 47.0 Å². The topological polar surface area (TPSA) is 105 Å². The molecule has 0 aromatic rings. The van der Waals surface area contributed by atoms with Gasteiger partial charge in [-0.2, -0.15) is 0 Å². The van der Waals surface area contributed by atoms with E-state index in [0.29, 0.717) is 22.6 Å². The van der Waals surface area contributed by atoms with Crippen molar-refractivity contribution in [3.63, 3.8) is 0 Å². The van der Waals surface area contributed by atoms with Crippen molar-refractivity contribution in [3.8, 4) is 0 Å². The fraction of sp³-hybridized carbons (Fsp3) is 0.889. The Kier molecular flexibility index (Phi) is 11.6. The molecule has 0 spiro atoms. The van der Waals surface area contributed by atoms with Crippen LogP contribution in [0.4, 0.5) is 0 Å². The van der Waals surface area contributed by atoms with Crippen LogP contribution in [0.25, 0.3) is 0 Å². The molecule has 0 N–H and O–H groups in total. The Labute approximate surface area is 156 Å². The van der Waals surface area contributed by atoms with Gasteiger partial charge in [-0.25, -0.2) is 0 Å². The summed E-state index contributed by atoms with van der Waals surface area (Å²) in [4.78, 5) is 23.4. The Hall–Kier alpha value is -1.86. The van der Waals surface area contributed by atoms with E-state index in [1.54, 1.807) is 13.8 Å². The van der Waals surface area contributed by atoms with Gasteiger partial charge < -0.3 is 19.9 Å². The number of azo groups is 1. The minimum Gasteiger partial charge on any atom is -0.567 e. The molecule has 0 bridgehead atoms. The molecule has 8 heteroatoms. The molecule has 0 aliphatic carbocycles. The number of hydroxylamine groups is 2. The minimum atomic E-state index is -0.778. The number of nitrogens with zero attached hydrogens (tertiary/aromatic N) is 2. The van der Waals surface area contributed by atoms with Gasteiger partial charge in [-0.05, 0) is 11.8 Å². The summed E-state index contributed by atoms with van der Waals surface area (Å²) in [6.07, 6.45) is 1.22. The smallest absolute Gasteiger partial charge is 0.305 e. The summed E-state index contributed by atoms with van der Waals surface area (Å²) in [5.74, 6) is -0.543. The highest BCUT2D eigenvalue weighted by molar-refractivity contribution is 5.69. The monoisotopic (exact) mass is 374 g/mol. The summed E-state index contributed by atoms with van der Waals surface area (Å²) < 4.78 is 10.1. The number of hydrogen-bond donors (Lipinski definition) is 0. The number of carbonyl (C=O) groups excluding carboxylic acids is 2. The highest BCUT2D eigenvalue weighted by Crippen LogP contribution is 2.13. The number of hydrogen-bond acceptors (Lipinski definition) is 6. The number of ether oxygens (including phenoxy) is 2. The molecule has 0 aliphatic heterocycles. The summed E-state index contributed by atoms with van der Waals surface area (Å²) in [7, 11) is 0. The lowest BCUT2D eigenvalue weighted by atomic mass is 10.0. The summed E-state index contributed by atoms with van der Waals surface area (Å²) in [6, 6.07) is -1.56. The number of esters is 2. The van der Waals surface area contributed by atoms with E-state index in [1.165, 1.54) is 0 Å². The second-order valence-electron chi connectivity index (χ2n) is 7.24. The van der Waals surface area contributed by atoms with Crippen LogP contribution < -0.4 is 0 Å². The molecule has 0 aliphatic rings. The molecular weight excluding hydrogens is 340 g/mol. The average molecular weight is 374 g/mol. The Morgan fingerprint density at radius 2 is 1.08 bits per heavy atom. The molecule has 0 fully saturated rings. The van der Waals surface area contributed by atoms with Crippen LogP contribution in [0.1, 0.15) is 67.2 Å². The first-order valence-corrected chi connectivity index (χ1v) is 9.36. The van der Waals surface area contributed by atoms with Crippen molar-refractivity contribution in [3.05, 3.63) is 10.4 Å². The molecule has 2 atom stereocenters. The van der Waals surface area contributed by atoms with E-state index in [9.17, 15) is 20.0 Å². The zero-order valence-corrected chi connectivity index (χ0v) is 16.9. The van der Waals surface area contributed by atoms with Gasteiger partial charge in [-0.3, -0.25) is 9.59 Å². The first kappa shape index (κ1) is 24.1. The van der Waals surface area contributed by atoms with Gasteiger partial charge in [0.15, 0.2) is 13.2 Å². The van der Waals surface area contributed by atoms with Gasteiger partial charge in [0.05, 0.1) is 0 Å². The minimum absolute atomic E-state index is 0.143. The second-order valence-corrected chi connectivity index (χ2v) is 7.24. The Balaban J connectivity index is 5.37. The molecule has 0 aromatic heterocycles. The second kappa shape index (κ2) is 12.5. The highest BCUT2D eigenvalue weighted by atomic mass is 16.6. The van der Waals surface area contributed by atoms with Crippen molar-refractivity contribution in [1.29, 1.82) is 0 Å². The summed E-state index contributed by atoms with van der Waals surface area (Å²) in [6.45, 7) is 10.7.